The molecule has 3 aromatic rings. The smallest absolute Gasteiger partial charge is 0.193 e. The Morgan fingerprint density at radius 2 is 2.04 bits per heavy atom. The van der Waals surface area contributed by atoms with E-state index in [-0.39, 0.29) is 0 Å². The molecule has 2 aromatic heterocycles. The number of aromatic nitrogens is 2. The lowest BCUT2D eigenvalue weighted by molar-refractivity contribution is 0.169. The fraction of sp³-hybridized carbons (Fsp3) is 0.429. The number of H-pyrrole nitrogens is 1. The van der Waals surface area contributed by atoms with Crippen molar-refractivity contribution in [2.75, 3.05) is 39.8 Å². The average Bonchev–Trinajstić information content (AvgIpc) is 3.33. The molecule has 7 nitrogen and oxygen atoms in total. The van der Waals surface area contributed by atoms with Crippen LogP contribution in [-0.2, 0) is 13.0 Å². The summed E-state index contributed by atoms with van der Waals surface area (Å²) in [7, 11) is 1.86. The summed E-state index contributed by atoms with van der Waals surface area (Å²) in [6, 6.07) is 10.4. The zero-order chi connectivity index (χ0) is 19.3. The summed E-state index contributed by atoms with van der Waals surface area (Å²) < 4.78 is 4.92. The van der Waals surface area contributed by atoms with Gasteiger partial charge >= 0.3 is 0 Å². The summed E-state index contributed by atoms with van der Waals surface area (Å²) in [4.78, 5) is 12.7. The van der Waals surface area contributed by atoms with Gasteiger partial charge in [-0.25, -0.2) is 0 Å². The predicted octanol–water partition coefficient (Wildman–Crippen LogP) is 2.40. The van der Waals surface area contributed by atoms with Crippen molar-refractivity contribution < 1.29 is 4.52 Å². The van der Waals surface area contributed by atoms with E-state index in [1.165, 1.54) is 22.2 Å². The van der Waals surface area contributed by atoms with Crippen molar-refractivity contribution in [2.45, 2.75) is 19.9 Å². The van der Waals surface area contributed by atoms with Crippen molar-refractivity contribution >= 4 is 16.9 Å². The molecule has 1 fully saturated rings. The number of benzene rings is 1. The molecule has 0 spiro atoms. The lowest BCUT2D eigenvalue weighted by Gasteiger charge is -2.36. The molecule has 1 aliphatic rings. The Kier molecular flexibility index (Phi) is 5.62. The lowest BCUT2D eigenvalue weighted by Crippen LogP contribution is -2.52. The zero-order valence-electron chi connectivity index (χ0n) is 16.6. The second-order valence-corrected chi connectivity index (χ2v) is 7.25. The van der Waals surface area contributed by atoms with Crippen molar-refractivity contribution in [2.24, 2.45) is 4.99 Å². The first kappa shape index (κ1) is 18.6. The number of hydrogen-bond donors (Lipinski definition) is 2. The highest BCUT2D eigenvalue weighted by atomic mass is 16.5. The maximum Gasteiger partial charge on any atom is 0.193 e. The molecule has 28 heavy (non-hydrogen) atoms. The van der Waals surface area contributed by atoms with E-state index in [1.54, 1.807) is 6.26 Å². The van der Waals surface area contributed by atoms with Crippen molar-refractivity contribution in [3.8, 4) is 0 Å². The quantitative estimate of drug-likeness (QED) is 0.525. The Hall–Kier alpha value is -2.80. The van der Waals surface area contributed by atoms with Crippen molar-refractivity contribution in [1.82, 2.24) is 25.3 Å². The molecule has 0 amide bonds. The number of aryl methyl sites for hydroxylation is 1. The second-order valence-electron chi connectivity index (χ2n) is 7.25. The number of nitrogens with zero attached hydrogens (tertiary/aromatic N) is 4. The van der Waals surface area contributed by atoms with Crippen LogP contribution in [0, 0.1) is 6.92 Å². The molecule has 0 atom stereocenters. The van der Waals surface area contributed by atoms with Crippen LogP contribution in [0.15, 0.2) is 46.1 Å². The highest BCUT2D eigenvalue weighted by molar-refractivity contribution is 5.84. The van der Waals surface area contributed by atoms with E-state index >= 15 is 0 Å². The topological polar surface area (TPSA) is 72.7 Å². The van der Waals surface area contributed by atoms with E-state index in [2.05, 4.69) is 61.4 Å². The van der Waals surface area contributed by atoms with Gasteiger partial charge in [0.05, 0.1) is 5.69 Å². The van der Waals surface area contributed by atoms with Gasteiger partial charge in [0.1, 0.15) is 6.26 Å². The molecule has 4 rings (SSSR count). The Balaban J connectivity index is 1.29. The zero-order valence-corrected chi connectivity index (χ0v) is 16.6. The van der Waals surface area contributed by atoms with Crippen molar-refractivity contribution in [1.29, 1.82) is 0 Å². The molecule has 148 valence electrons. The highest BCUT2D eigenvalue weighted by Gasteiger charge is 2.20. The Morgan fingerprint density at radius 1 is 1.21 bits per heavy atom. The molecule has 0 radical (unpaired) electrons. The van der Waals surface area contributed by atoms with E-state index < -0.39 is 0 Å². The van der Waals surface area contributed by atoms with Crippen LogP contribution in [0.2, 0.25) is 0 Å². The minimum Gasteiger partial charge on any atom is -0.364 e. The van der Waals surface area contributed by atoms with Gasteiger partial charge in [0.25, 0.3) is 0 Å². The van der Waals surface area contributed by atoms with Gasteiger partial charge in [0.15, 0.2) is 5.96 Å². The number of para-hydroxylation sites is 1. The largest absolute Gasteiger partial charge is 0.364 e. The number of aromatic amines is 1. The first-order chi connectivity index (χ1) is 13.7. The van der Waals surface area contributed by atoms with Crippen LogP contribution in [0.25, 0.3) is 10.9 Å². The van der Waals surface area contributed by atoms with Crippen LogP contribution in [0.5, 0.6) is 0 Å². The van der Waals surface area contributed by atoms with E-state index in [0.29, 0.717) is 0 Å². The molecule has 0 aliphatic carbocycles. The van der Waals surface area contributed by atoms with Gasteiger partial charge in [-0.3, -0.25) is 9.89 Å². The third kappa shape index (κ3) is 4.04. The molecular weight excluding hydrogens is 352 g/mol. The molecule has 1 aliphatic heterocycles. The van der Waals surface area contributed by atoms with Crippen molar-refractivity contribution in [3.63, 3.8) is 0 Å². The van der Waals surface area contributed by atoms with E-state index in [0.717, 1.165) is 57.3 Å². The van der Waals surface area contributed by atoms with Gasteiger partial charge in [-0.2, -0.15) is 0 Å². The van der Waals surface area contributed by atoms with Gasteiger partial charge in [-0.15, -0.1) is 0 Å². The summed E-state index contributed by atoms with van der Waals surface area (Å²) in [6.45, 7) is 7.78. The normalized spacial score (nSPS) is 16.1. The molecule has 2 N–H and O–H groups in total. The molecule has 0 unspecified atom stereocenters. The Labute approximate surface area is 165 Å². The monoisotopic (exact) mass is 380 g/mol. The molecule has 0 saturated carbocycles. The summed E-state index contributed by atoms with van der Waals surface area (Å²) >= 11 is 0. The Morgan fingerprint density at radius 3 is 2.79 bits per heavy atom. The predicted molar refractivity (Wildman–Crippen MR) is 111 cm³/mol. The number of fused-ring (bicyclic) bond motifs is 1. The van der Waals surface area contributed by atoms with Crippen LogP contribution in [-0.4, -0.2) is 65.7 Å². The Bertz CT molecular complexity index is 922. The van der Waals surface area contributed by atoms with Gasteiger partial charge in [0.2, 0.25) is 0 Å². The van der Waals surface area contributed by atoms with E-state index in [4.69, 9.17) is 4.52 Å². The molecule has 7 heteroatoms. The number of guanidine groups is 1. The van der Waals surface area contributed by atoms with Crippen molar-refractivity contribution in [3.05, 3.63) is 53.5 Å². The summed E-state index contributed by atoms with van der Waals surface area (Å²) in [5.74, 6) is 0.985. The SMILES string of the molecule is CN=C(NCCc1c(C)[nH]c2ccccc12)N1CCN(Cc2ccon2)CC1. The first-order valence-electron chi connectivity index (χ1n) is 9.88. The van der Waals surface area contributed by atoms with Gasteiger partial charge in [-0.05, 0) is 25.0 Å². The number of piperazine rings is 1. The fourth-order valence-corrected chi connectivity index (χ4v) is 3.95. The summed E-state index contributed by atoms with van der Waals surface area (Å²) in [6.07, 6.45) is 2.60. The summed E-state index contributed by atoms with van der Waals surface area (Å²) in [5, 5.41) is 8.87. The van der Waals surface area contributed by atoms with Gasteiger partial charge < -0.3 is 19.7 Å². The van der Waals surface area contributed by atoms with Gasteiger partial charge in [0, 0.05) is 69.0 Å². The van der Waals surface area contributed by atoms with E-state index in [9.17, 15) is 0 Å². The number of nitrogens with one attached hydrogen (secondary N) is 2. The maximum absolute atomic E-state index is 4.92. The molecule has 3 heterocycles. The molecular formula is C21H28N6O. The molecule has 1 saturated heterocycles. The minimum absolute atomic E-state index is 0.843. The lowest BCUT2D eigenvalue weighted by atomic mass is 10.1. The third-order valence-electron chi connectivity index (χ3n) is 5.45. The van der Waals surface area contributed by atoms with Crippen LogP contribution in [0.4, 0.5) is 0 Å². The van der Waals surface area contributed by atoms with Crippen LogP contribution in [0.3, 0.4) is 0 Å². The van der Waals surface area contributed by atoms with Gasteiger partial charge in [-0.1, -0.05) is 23.4 Å². The standard InChI is InChI=1S/C21H28N6O/c1-16-18(19-5-3-4-6-20(19)24-16)7-9-23-21(22-2)27-12-10-26(11-13-27)15-17-8-14-28-25-17/h3-6,8,14,24H,7,9-13,15H2,1-2H3,(H,22,23). The van der Waals surface area contributed by atoms with E-state index in [1.807, 2.05) is 13.1 Å². The number of rotatable bonds is 5. The molecule has 0 bridgehead atoms. The van der Waals surface area contributed by atoms with Crippen LogP contribution in [0.1, 0.15) is 17.0 Å². The number of hydrogen-bond acceptors (Lipinski definition) is 4. The summed E-state index contributed by atoms with van der Waals surface area (Å²) in [5.41, 5.74) is 4.84. The minimum atomic E-state index is 0.843. The molecule has 1 aromatic carbocycles. The maximum atomic E-state index is 4.92. The number of aliphatic imine (C=N–C) groups is 1. The van der Waals surface area contributed by atoms with Crippen LogP contribution < -0.4 is 5.32 Å². The first-order valence-corrected chi connectivity index (χ1v) is 9.88. The second kappa shape index (κ2) is 8.48. The third-order valence-corrected chi connectivity index (χ3v) is 5.45. The highest BCUT2D eigenvalue weighted by Crippen LogP contribution is 2.21. The fourth-order valence-electron chi connectivity index (χ4n) is 3.95. The average molecular weight is 380 g/mol. The van der Waals surface area contributed by atoms with Crippen LogP contribution >= 0.6 is 0 Å².